The number of carbonyl (C=O) groups excluding carboxylic acids is 1. The van der Waals surface area contributed by atoms with E-state index < -0.39 is 27.5 Å². The van der Waals surface area contributed by atoms with Crippen LogP contribution in [0.25, 0.3) is 0 Å². The predicted octanol–water partition coefficient (Wildman–Crippen LogP) is 1.95. The summed E-state index contributed by atoms with van der Waals surface area (Å²) < 4.78 is 48.2. The number of halogens is 2. The molecule has 0 radical (unpaired) electrons. The highest BCUT2D eigenvalue weighted by Gasteiger charge is 2.19. The van der Waals surface area contributed by atoms with Crippen LogP contribution in [0.4, 0.5) is 8.78 Å². The van der Waals surface area contributed by atoms with Gasteiger partial charge in [0.15, 0.2) is 11.6 Å². The molecule has 0 aliphatic heterocycles. The van der Waals surface area contributed by atoms with E-state index in [4.69, 9.17) is 0 Å². The number of amides is 1. The lowest BCUT2D eigenvalue weighted by Crippen LogP contribution is -2.40. The van der Waals surface area contributed by atoms with Crippen LogP contribution in [0.5, 0.6) is 0 Å². The molecule has 0 aliphatic rings. The summed E-state index contributed by atoms with van der Waals surface area (Å²) >= 11 is 1.07. The average Bonchev–Trinajstić information content (AvgIpc) is 2.36. The Bertz CT molecular complexity index is 620. The van der Waals surface area contributed by atoms with Gasteiger partial charge in [-0.25, -0.2) is 17.2 Å². The topological polar surface area (TPSA) is 54.5 Å². The van der Waals surface area contributed by atoms with E-state index in [1.807, 2.05) is 0 Å². The van der Waals surface area contributed by atoms with Gasteiger partial charge in [-0.1, -0.05) is 0 Å². The van der Waals surface area contributed by atoms with Crippen LogP contribution in [0, 0.1) is 11.6 Å². The first-order valence-electron chi connectivity index (χ1n) is 6.11. The fourth-order valence-corrected chi connectivity index (χ4v) is 3.55. The first kappa shape index (κ1) is 17.9. The van der Waals surface area contributed by atoms with Crippen LogP contribution in [0.3, 0.4) is 0 Å². The third kappa shape index (κ3) is 6.01. The molecule has 1 rings (SSSR count). The molecule has 0 aromatic heterocycles. The molecular weight excluding hydrogens is 320 g/mol. The molecule has 1 amide bonds. The summed E-state index contributed by atoms with van der Waals surface area (Å²) in [5, 5.41) is 0. The molecule has 0 spiro atoms. The minimum atomic E-state index is -3.17. The lowest BCUT2D eigenvalue weighted by atomic mass is 10.3. The zero-order valence-corrected chi connectivity index (χ0v) is 13.6. The lowest BCUT2D eigenvalue weighted by Gasteiger charge is -2.24. The molecule has 0 N–H and O–H groups in total. The fourth-order valence-electron chi connectivity index (χ4n) is 1.61. The molecule has 0 bridgehead atoms. The van der Waals surface area contributed by atoms with Crippen molar-refractivity contribution in [3.63, 3.8) is 0 Å². The highest BCUT2D eigenvalue weighted by Crippen LogP contribution is 2.21. The van der Waals surface area contributed by atoms with Gasteiger partial charge in [0.25, 0.3) is 0 Å². The van der Waals surface area contributed by atoms with Crippen molar-refractivity contribution in [3.05, 3.63) is 29.8 Å². The molecule has 21 heavy (non-hydrogen) atoms. The summed E-state index contributed by atoms with van der Waals surface area (Å²) in [5.41, 5.74) is 0. The maximum atomic E-state index is 13.0. The average molecular weight is 337 g/mol. The van der Waals surface area contributed by atoms with Crippen LogP contribution in [-0.4, -0.2) is 50.1 Å². The van der Waals surface area contributed by atoms with Gasteiger partial charge in [-0.2, -0.15) is 0 Å². The van der Waals surface area contributed by atoms with Crippen LogP contribution in [0.15, 0.2) is 23.1 Å². The Morgan fingerprint density at radius 1 is 1.33 bits per heavy atom. The number of nitrogens with zero attached hydrogens (tertiary/aromatic N) is 1. The molecule has 0 aliphatic carbocycles. The summed E-state index contributed by atoms with van der Waals surface area (Å²) in [4.78, 5) is 13.7. The monoisotopic (exact) mass is 337 g/mol. The number of thioether (sulfide) groups is 1. The number of hydrogen-bond acceptors (Lipinski definition) is 4. The number of hydrogen-bond donors (Lipinski definition) is 0. The SMILES string of the molecule is C[C@@H](CS(C)(=O)=O)N(C)C(=O)CSc1ccc(F)c(F)c1. The number of benzene rings is 1. The van der Waals surface area contributed by atoms with Crippen molar-refractivity contribution < 1.29 is 22.0 Å². The molecule has 1 atom stereocenters. The highest BCUT2D eigenvalue weighted by atomic mass is 32.2. The van der Waals surface area contributed by atoms with E-state index in [2.05, 4.69) is 0 Å². The largest absolute Gasteiger partial charge is 0.341 e. The van der Waals surface area contributed by atoms with Gasteiger partial charge in [0.1, 0.15) is 9.84 Å². The molecule has 4 nitrogen and oxygen atoms in total. The zero-order valence-electron chi connectivity index (χ0n) is 12.0. The molecule has 0 fully saturated rings. The summed E-state index contributed by atoms with van der Waals surface area (Å²) in [7, 11) is -1.65. The molecule has 118 valence electrons. The van der Waals surface area contributed by atoms with E-state index in [0.717, 1.165) is 30.2 Å². The van der Waals surface area contributed by atoms with E-state index in [1.54, 1.807) is 6.92 Å². The number of carbonyl (C=O) groups is 1. The van der Waals surface area contributed by atoms with E-state index >= 15 is 0 Å². The fraction of sp³-hybridized carbons (Fsp3) is 0.462. The second-order valence-corrected chi connectivity index (χ2v) is 8.04. The summed E-state index contributed by atoms with van der Waals surface area (Å²) in [6.45, 7) is 1.64. The number of sulfone groups is 1. The Labute approximate surface area is 127 Å². The Morgan fingerprint density at radius 2 is 1.95 bits per heavy atom. The molecular formula is C13H17F2NO3S2. The van der Waals surface area contributed by atoms with Gasteiger partial charge in [0, 0.05) is 24.2 Å². The van der Waals surface area contributed by atoms with E-state index in [9.17, 15) is 22.0 Å². The van der Waals surface area contributed by atoms with Crippen LogP contribution < -0.4 is 0 Å². The van der Waals surface area contributed by atoms with Gasteiger partial charge >= 0.3 is 0 Å². The Hall–Kier alpha value is -1.15. The molecule has 8 heteroatoms. The normalized spacial score (nSPS) is 13.0. The van der Waals surface area contributed by atoms with Gasteiger partial charge < -0.3 is 4.90 Å². The van der Waals surface area contributed by atoms with Gasteiger partial charge in [0.2, 0.25) is 5.91 Å². The Morgan fingerprint density at radius 3 is 2.48 bits per heavy atom. The van der Waals surface area contributed by atoms with E-state index in [1.165, 1.54) is 18.0 Å². The van der Waals surface area contributed by atoms with E-state index in [0.29, 0.717) is 4.90 Å². The summed E-state index contributed by atoms with van der Waals surface area (Å²) in [6, 6.07) is 2.96. The second-order valence-electron chi connectivity index (χ2n) is 4.81. The lowest BCUT2D eigenvalue weighted by molar-refractivity contribution is -0.128. The second kappa shape index (κ2) is 7.22. The van der Waals surface area contributed by atoms with Gasteiger partial charge in [-0.3, -0.25) is 4.79 Å². The highest BCUT2D eigenvalue weighted by molar-refractivity contribution is 8.00. The Balaban J connectivity index is 2.58. The Kier molecular flexibility index (Phi) is 6.15. The molecule has 1 aromatic carbocycles. The zero-order chi connectivity index (χ0) is 16.2. The van der Waals surface area contributed by atoms with Crippen LogP contribution in [-0.2, 0) is 14.6 Å². The quantitative estimate of drug-likeness (QED) is 0.745. The smallest absolute Gasteiger partial charge is 0.232 e. The van der Waals surface area contributed by atoms with Crippen molar-refractivity contribution in [2.75, 3.05) is 24.8 Å². The van der Waals surface area contributed by atoms with Gasteiger partial charge in [-0.15, -0.1) is 11.8 Å². The molecule has 0 saturated heterocycles. The van der Waals surface area contributed by atoms with Crippen LogP contribution in [0.2, 0.25) is 0 Å². The third-order valence-electron chi connectivity index (χ3n) is 2.85. The standard InChI is InChI=1S/C13H17F2NO3S2/c1-9(8-21(3,18)19)16(2)13(17)7-20-10-4-5-11(14)12(15)6-10/h4-6,9H,7-8H2,1-3H3/t9-/m0/s1. The third-order valence-corrected chi connectivity index (χ3v) is 4.92. The summed E-state index contributed by atoms with van der Waals surface area (Å²) in [5.74, 6) is -2.28. The van der Waals surface area contributed by atoms with Crippen molar-refractivity contribution in [2.24, 2.45) is 0 Å². The minimum Gasteiger partial charge on any atom is -0.341 e. The van der Waals surface area contributed by atoms with Crippen molar-refractivity contribution in [2.45, 2.75) is 17.9 Å². The summed E-state index contributed by atoms with van der Waals surface area (Å²) in [6.07, 6.45) is 1.11. The maximum Gasteiger partial charge on any atom is 0.232 e. The first-order valence-corrected chi connectivity index (χ1v) is 9.16. The molecule has 1 aromatic rings. The van der Waals surface area contributed by atoms with Crippen molar-refractivity contribution in [1.82, 2.24) is 4.90 Å². The number of rotatable bonds is 6. The van der Waals surface area contributed by atoms with Crippen molar-refractivity contribution in [1.29, 1.82) is 0 Å². The van der Waals surface area contributed by atoms with Crippen LogP contribution in [0.1, 0.15) is 6.92 Å². The molecule has 0 unspecified atom stereocenters. The van der Waals surface area contributed by atoms with E-state index in [-0.39, 0.29) is 17.4 Å². The predicted molar refractivity (Wildman–Crippen MR) is 79.0 cm³/mol. The van der Waals surface area contributed by atoms with Gasteiger partial charge in [-0.05, 0) is 25.1 Å². The molecule has 0 heterocycles. The van der Waals surface area contributed by atoms with Gasteiger partial charge in [0.05, 0.1) is 11.5 Å². The molecule has 0 saturated carbocycles. The minimum absolute atomic E-state index is 0.0235. The van der Waals surface area contributed by atoms with Crippen molar-refractivity contribution in [3.8, 4) is 0 Å². The van der Waals surface area contributed by atoms with Crippen LogP contribution >= 0.6 is 11.8 Å². The van der Waals surface area contributed by atoms with Crippen molar-refractivity contribution >= 4 is 27.5 Å². The first-order chi connectivity index (χ1) is 9.60. The maximum absolute atomic E-state index is 13.0.